The Morgan fingerprint density at radius 3 is 2.26 bits per heavy atom. The van der Waals surface area contributed by atoms with Crippen molar-refractivity contribution in [2.45, 2.75) is 6.92 Å². The van der Waals surface area contributed by atoms with Crippen molar-refractivity contribution in [2.75, 3.05) is 5.32 Å². The Bertz CT molecular complexity index is 756. The van der Waals surface area contributed by atoms with E-state index in [2.05, 4.69) is 16.2 Å². The summed E-state index contributed by atoms with van der Waals surface area (Å²) in [5.74, 6) is -4.19. The summed E-state index contributed by atoms with van der Waals surface area (Å²) in [6.45, 7) is 1.21. The Morgan fingerprint density at radius 1 is 1.00 bits per heavy atom. The molecule has 1 aromatic carbocycles. The molecule has 0 spiro atoms. The van der Waals surface area contributed by atoms with Crippen LogP contribution >= 0.6 is 11.3 Å². The number of hydrogen-bond donors (Lipinski definition) is 3. The van der Waals surface area contributed by atoms with Crippen LogP contribution in [0.4, 0.5) is 13.8 Å². The molecule has 3 N–H and O–H groups in total. The maximum absolute atomic E-state index is 13.6. The summed E-state index contributed by atoms with van der Waals surface area (Å²) in [6.07, 6.45) is 0. The molecule has 9 heteroatoms. The Kier molecular flexibility index (Phi) is 5.02. The second-order valence-corrected chi connectivity index (χ2v) is 5.27. The molecule has 120 valence electrons. The summed E-state index contributed by atoms with van der Waals surface area (Å²) in [6, 6.07) is 4.45. The van der Waals surface area contributed by atoms with Crippen LogP contribution in [0.5, 0.6) is 0 Å². The molecule has 0 aliphatic carbocycles. The Balaban J connectivity index is 2.18. The number of anilines is 1. The van der Waals surface area contributed by atoms with Gasteiger partial charge in [-0.3, -0.25) is 25.2 Å². The van der Waals surface area contributed by atoms with Gasteiger partial charge in [0.1, 0.15) is 22.2 Å². The van der Waals surface area contributed by atoms with Crippen molar-refractivity contribution >= 4 is 34.1 Å². The number of benzene rings is 1. The second-order valence-electron chi connectivity index (χ2n) is 4.35. The van der Waals surface area contributed by atoms with Crippen molar-refractivity contribution in [1.29, 1.82) is 0 Å². The van der Waals surface area contributed by atoms with E-state index in [4.69, 9.17) is 0 Å². The highest BCUT2D eigenvalue weighted by Gasteiger charge is 2.20. The van der Waals surface area contributed by atoms with Crippen molar-refractivity contribution in [1.82, 2.24) is 10.9 Å². The van der Waals surface area contributed by atoms with E-state index in [0.29, 0.717) is 0 Å². The van der Waals surface area contributed by atoms with Gasteiger partial charge >= 0.3 is 0 Å². The van der Waals surface area contributed by atoms with Crippen LogP contribution in [0.25, 0.3) is 0 Å². The molecule has 1 aromatic heterocycles. The summed E-state index contributed by atoms with van der Waals surface area (Å²) in [5.41, 5.74) is 3.54. The van der Waals surface area contributed by atoms with Crippen molar-refractivity contribution in [3.05, 3.63) is 52.4 Å². The van der Waals surface area contributed by atoms with Gasteiger partial charge in [-0.1, -0.05) is 6.07 Å². The number of carbonyl (C=O) groups is 3. The fourth-order valence-corrected chi connectivity index (χ4v) is 2.46. The Morgan fingerprint density at radius 2 is 1.65 bits per heavy atom. The lowest BCUT2D eigenvalue weighted by Gasteiger charge is -2.08. The van der Waals surface area contributed by atoms with Crippen LogP contribution in [0, 0.1) is 11.6 Å². The number of amides is 3. The maximum atomic E-state index is 13.6. The number of rotatable bonds is 3. The molecular weight excluding hydrogens is 328 g/mol. The number of nitrogens with one attached hydrogen (secondary N) is 3. The van der Waals surface area contributed by atoms with Gasteiger partial charge in [0.25, 0.3) is 11.8 Å². The molecule has 0 unspecified atom stereocenters. The summed E-state index contributed by atoms with van der Waals surface area (Å²) in [4.78, 5) is 34.6. The molecule has 0 aliphatic rings. The van der Waals surface area contributed by atoms with Crippen LogP contribution < -0.4 is 16.2 Å². The minimum atomic E-state index is -1.02. The van der Waals surface area contributed by atoms with E-state index >= 15 is 0 Å². The highest BCUT2D eigenvalue weighted by Crippen LogP contribution is 2.24. The largest absolute Gasteiger partial charge is 0.313 e. The molecule has 2 rings (SSSR count). The van der Waals surface area contributed by atoms with E-state index in [0.717, 1.165) is 29.5 Å². The third kappa shape index (κ3) is 3.89. The second kappa shape index (κ2) is 6.97. The topological polar surface area (TPSA) is 87.3 Å². The number of halogens is 2. The predicted molar refractivity (Wildman–Crippen MR) is 79.9 cm³/mol. The Hall–Kier alpha value is -2.81. The minimum absolute atomic E-state index is 0.0499. The van der Waals surface area contributed by atoms with Crippen molar-refractivity contribution < 1.29 is 23.2 Å². The monoisotopic (exact) mass is 339 g/mol. The van der Waals surface area contributed by atoms with Crippen LogP contribution in [0.3, 0.4) is 0 Å². The van der Waals surface area contributed by atoms with E-state index in [1.54, 1.807) is 0 Å². The number of thiophene rings is 1. The number of hydrogen-bond acceptors (Lipinski definition) is 4. The third-order valence-electron chi connectivity index (χ3n) is 2.68. The molecule has 2 aromatic rings. The summed E-state index contributed by atoms with van der Waals surface area (Å²) in [5, 5.41) is 3.89. The van der Waals surface area contributed by atoms with Crippen LogP contribution in [-0.4, -0.2) is 17.7 Å². The van der Waals surface area contributed by atoms with Crippen LogP contribution in [0.2, 0.25) is 0 Å². The van der Waals surface area contributed by atoms with E-state index in [1.165, 1.54) is 18.4 Å². The van der Waals surface area contributed by atoms with Gasteiger partial charge in [0.05, 0.1) is 5.56 Å². The zero-order valence-corrected chi connectivity index (χ0v) is 12.6. The normalized spacial score (nSPS) is 10.0. The molecule has 0 saturated carbocycles. The molecular formula is C14H11F2N3O3S. The first-order chi connectivity index (χ1) is 10.9. The maximum Gasteiger partial charge on any atom is 0.272 e. The predicted octanol–water partition coefficient (Wildman–Crippen LogP) is 2.06. The van der Waals surface area contributed by atoms with Gasteiger partial charge in [-0.25, -0.2) is 8.78 Å². The fourth-order valence-electron chi connectivity index (χ4n) is 1.68. The van der Waals surface area contributed by atoms with Crippen LogP contribution in [0.1, 0.15) is 27.6 Å². The van der Waals surface area contributed by atoms with Gasteiger partial charge in [0.2, 0.25) is 5.91 Å². The molecule has 0 radical (unpaired) electrons. The molecule has 23 heavy (non-hydrogen) atoms. The average Bonchev–Trinajstić information content (AvgIpc) is 2.92. The van der Waals surface area contributed by atoms with E-state index in [1.807, 2.05) is 0 Å². The van der Waals surface area contributed by atoms with Crippen LogP contribution in [-0.2, 0) is 4.79 Å². The smallest absolute Gasteiger partial charge is 0.272 e. The molecule has 0 saturated heterocycles. The fraction of sp³-hybridized carbons (Fsp3) is 0.0714. The standard InChI is InChI=1S/C14H11F2N3O3S/c1-7(20)18-19-12(21)8-5-6-23-14(8)17-13(22)11-9(15)3-2-4-10(11)16/h2-6H,1H3,(H,17,22)(H,18,20)(H,19,21). The van der Waals surface area contributed by atoms with Gasteiger partial charge in [-0.2, -0.15) is 0 Å². The zero-order valence-electron chi connectivity index (χ0n) is 11.8. The first kappa shape index (κ1) is 16.6. The zero-order chi connectivity index (χ0) is 17.0. The quantitative estimate of drug-likeness (QED) is 0.748. The average molecular weight is 339 g/mol. The first-order valence-electron chi connectivity index (χ1n) is 6.30. The van der Waals surface area contributed by atoms with Crippen LogP contribution in [0.15, 0.2) is 29.6 Å². The van der Waals surface area contributed by atoms with Gasteiger partial charge in [-0.15, -0.1) is 11.3 Å². The van der Waals surface area contributed by atoms with E-state index in [9.17, 15) is 23.2 Å². The minimum Gasteiger partial charge on any atom is -0.313 e. The summed E-state index contributed by atoms with van der Waals surface area (Å²) in [7, 11) is 0. The van der Waals surface area contributed by atoms with Gasteiger partial charge in [0, 0.05) is 6.92 Å². The SMILES string of the molecule is CC(=O)NNC(=O)c1ccsc1NC(=O)c1c(F)cccc1F. The number of carbonyl (C=O) groups excluding carboxylic acids is 3. The van der Waals surface area contributed by atoms with Gasteiger partial charge in [-0.05, 0) is 23.6 Å². The molecule has 0 aliphatic heterocycles. The highest BCUT2D eigenvalue weighted by molar-refractivity contribution is 7.14. The Labute approximate surface area is 133 Å². The highest BCUT2D eigenvalue weighted by atomic mass is 32.1. The van der Waals surface area contributed by atoms with Gasteiger partial charge < -0.3 is 5.32 Å². The molecule has 3 amide bonds. The van der Waals surface area contributed by atoms with Crippen molar-refractivity contribution in [3.63, 3.8) is 0 Å². The molecule has 6 nitrogen and oxygen atoms in total. The molecule has 0 atom stereocenters. The molecule has 1 heterocycles. The lowest BCUT2D eigenvalue weighted by molar-refractivity contribution is -0.119. The van der Waals surface area contributed by atoms with Gasteiger partial charge in [0.15, 0.2) is 0 Å². The van der Waals surface area contributed by atoms with Crippen molar-refractivity contribution in [3.8, 4) is 0 Å². The summed E-state index contributed by atoms with van der Waals surface area (Å²) < 4.78 is 27.1. The van der Waals surface area contributed by atoms with E-state index in [-0.39, 0.29) is 10.6 Å². The lowest BCUT2D eigenvalue weighted by atomic mass is 10.2. The van der Waals surface area contributed by atoms with Crippen molar-refractivity contribution in [2.24, 2.45) is 0 Å². The first-order valence-corrected chi connectivity index (χ1v) is 7.18. The summed E-state index contributed by atoms with van der Waals surface area (Å²) >= 11 is 0.996. The molecule has 0 fully saturated rings. The lowest BCUT2D eigenvalue weighted by Crippen LogP contribution is -2.40. The molecule has 0 bridgehead atoms. The third-order valence-corrected chi connectivity index (χ3v) is 3.51. The number of hydrazine groups is 1. The van der Waals surface area contributed by atoms with E-state index < -0.39 is 34.9 Å².